The number of hydrogen-bond acceptors (Lipinski definition) is 3. The first kappa shape index (κ1) is 24.7. The Kier molecular flexibility index (Phi) is 4.76. The second-order valence-electron chi connectivity index (χ2n) is 12.7. The summed E-state index contributed by atoms with van der Waals surface area (Å²) in [6.07, 6.45) is 1.86. The minimum absolute atomic E-state index is 0.175. The molecule has 0 saturated heterocycles. The highest BCUT2D eigenvalue weighted by Gasteiger charge is 2.37. The van der Waals surface area contributed by atoms with E-state index in [9.17, 15) is 0 Å². The van der Waals surface area contributed by atoms with Crippen LogP contribution in [0.4, 0.5) is 0 Å². The zero-order chi connectivity index (χ0) is 29.9. The average Bonchev–Trinajstić information content (AvgIpc) is 3.68. The number of para-hydroxylation sites is 4. The van der Waals surface area contributed by atoms with Gasteiger partial charge < -0.3 is 8.98 Å². The molecule has 0 unspecified atom stereocenters. The predicted molar refractivity (Wildman–Crippen MR) is 184 cm³/mol. The molecule has 1 aliphatic rings. The van der Waals surface area contributed by atoms with Gasteiger partial charge in [0.25, 0.3) is 0 Å². The quantitative estimate of drug-likeness (QED) is 0.205. The summed E-state index contributed by atoms with van der Waals surface area (Å²) in [6.45, 7) is 4.68. The van der Waals surface area contributed by atoms with Crippen molar-refractivity contribution in [2.45, 2.75) is 19.3 Å². The van der Waals surface area contributed by atoms with Crippen LogP contribution >= 0.6 is 0 Å². The molecule has 9 aromatic rings. The molecule has 0 N–H and O–H groups in total. The van der Waals surface area contributed by atoms with Gasteiger partial charge in [0.05, 0.1) is 34.0 Å². The molecule has 0 bridgehead atoms. The summed E-state index contributed by atoms with van der Waals surface area (Å²) < 4.78 is 8.72. The van der Waals surface area contributed by atoms with E-state index in [1.807, 2.05) is 36.5 Å². The molecule has 0 radical (unpaired) electrons. The molecule has 0 atom stereocenters. The molecule has 3 aromatic heterocycles. The van der Waals surface area contributed by atoms with Crippen molar-refractivity contribution in [2.75, 3.05) is 0 Å². The van der Waals surface area contributed by atoms with Crippen molar-refractivity contribution in [1.82, 2.24) is 14.5 Å². The van der Waals surface area contributed by atoms with E-state index in [1.165, 1.54) is 49.4 Å². The van der Waals surface area contributed by atoms with Crippen molar-refractivity contribution in [3.63, 3.8) is 0 Å². The molecule has 4 heteroatoms. The Morgan fingerprint density at radius 1 is 0.578 bits per heavy atom. The fourth-order valence-corrected chi connectivity index (χ4v) is 7.57. The van der Waals surface area contributed by atoms with E-state index in [-0.39, 0.29) is 5.41 Å². The summed E-state index contributed by atoms with van der Waals surface area (Å²) in [6, 6.07) is 43.2. The van der Waals surface area contributed by atoms with E-state index in [4.69, 9.17) is 9.40 Å². The lowest BCUT2D eigenvalue weighted by Gasteiger charge is -2.21. The third-order valence-corrected chi connectivity index (χ3v) is 9.84. The van der Waals surface area contributed by atoms with Gasteiger partial charge in [-0.25, -0.2) is 4.98 Å². The zero-order valence-corrected chi connectivity index (χ0v) is 24.9. The second kappa shape index (κ2) is 8.67. The summed E-state index contributed by atoms with van der Waals surface area (Å²) in [4.78, 5) is 9.50. The van der Waals surface area contributed by atoms with Gasteiger partial charge >= 0.3 is 0 Å². The molecule has 3 heterocycles. The molecular formula is C41H27N3O. The van der Waals surface area contributed by atoms with Crippen LogP contribution in [0.5, 0.6) is 0 Å². The average molecular weight is 578 g/mol. The summed E-state index contributed by atoms with van der Waals surface area (Å²) >= 11 is 0. The zero-order valence-electron chi connectivity index (χ0n) is 24.9. The Morgan fingerprint density at radius 3 is 2.11 bits per heavy atom. The topological polar surface area (TPSA) is 43.9 Å². The van der Waals surface area contributed by atoms with Crippen molar-refractivity contribution >= 4 is 54.8 Å². The highest BCUT2D eigenvalue weighted by atomic mass is 16.3. The maximum atomic E-state index is 6.32. The van der Waals surface area contributed by atoms with Gasteiger partial charge in [0, 0.05) is 38.2 Å². The molecule has 1 aliphatic carbocycles. The minimum Gasteiger partial charge on any atom is -0.456 e. The molecule has 10 rings (SSSR count). The van der Waals surface area contributed by atoms with Gasteiger partial charge in [-0.05, 0) is 82.9 Å². The molecule has 0 amide bonds. The van der Waals surface area contributed by atoms with Crippen LogP contribution in [0.1, 0.15) is 25.0 Å². The maximum Gasteiger partial charge on any atom is 0.135 e. The molecule has 0 spiro atoms. The van der Waals surface area contributed by atoms with Crippen molar-refractivity contribution in [1.29, 1.82) is 0 Å². The van der Waals surface area contributed by atoms with Gasteiger partial charge in [-0.3, -0.25) is 4.98 Å². The van der Waals surface area contributed by atoms with Crippen LogP contribution in [-0.4, -0.2) is 14.5 Å². The second-order valence-corrected chi connectivity index (χ2v) is 12.7. The van der Waals surface area contributed by atoms with Gasteiger partial charge in [0.15, 0.2) is 0 Å². The lowest BCUT2D eigenvalue weighted by molar-refractivity contribution is 0.647. The maximum absolute atomic E-state index is 6.32. The van der Waals surface area contributed by atoms with Crippen LogP contribution < -0.4 is 0 Å². The van der Waals surface area contributed by atoms with E-state index in [0.29, 0.717) is 0 Å². The predicted octanol–water partition coefficient (Wildman–Crippen LogP) is 10.6. The highest BCUT2D eigenvalue weighted by molar-refractivity contribution is 6.13. The summed E-state index contributed by atoms with van der Waals surface area (Å²) in [5, 5.41) is 4.85. The minimum atomic E-state index is -0.175. The molecule has 212 valence electrons. The van der Waals surface area contributed by atoms with Crippen LogP contribution in [0.2, 0.25) is 0 Å². The van der Waals surface area contributed by atoms with Crippen LogP contribution in [0.25, 0.3) is 82.8 Å². The van der Waals surface area contributed by atoms with Gasteiger partial charge in [0.1, 0.15) is 11.2 Å². The number of rotatable bonds is 2. The first-order valence-electron chi connectivity index (χ1n) is 15.4. The lowest BCUT2D eigenvalue weighted by atomic mass is 9.82. The number of benzene rings is 6. The van der Waals surface area contributed by atoms with Crippen molar-refractivity contribution in [2.24, 2.45) is 0 Å². The molecule has 45 heavy (non-hydrogen) atoms. The van der Waals surface area contributed by atoms with Crippen molar-refractivity contribution in [3.8, 4) is 28.1 Å². The van der Waals surface area contributed by atoms with Crippen LogP contribution in [0.3, 0.4) is 0 Å². The normalized spacial score (nSPS) is 13.7. The third kappa shape index (κ3) is 3.37. The van der Waals surface area contributed by atoms with Gasteiger partial charge in [-0.15, -0.1) is 0 Å². The summed E-state index contributed by atoms with van der Waals surface area (Å²) in [7, 11) is 0. The molecule has 0 aliphatic heterocycles. The van der Waals surface area contributed by atoms with Crippen LogP contribution in [-0.2, 0) is 5.41 Å². The fraction of sp³-hybridized carbons (Fsp3) is 0.0732. The van der Waals surface area contributed by atoms with E-state index in [2.05, 4.69) is 114 Å². The summed E-state index contributed by atoms with van der Waals surface area (Å²) in [5.41, 5.74) is 14.2. The number of nitrogens with zero attached hydrogens (tertiary/aromatic N) is 3. The molecule has 0 saturated carbocycles. The number of hydrogen-bond donors (Lipinski definition) is 0. The number of furan rings is 1. The SMILES string of the molecule is CC1(C)c2cc3oc4ccccc4c3cc2-c2cc3c4ccccc4n(-c4ccc(-c5cnc6ccccc6n5)cc4)c3cc21. The van der Waals surface area contributed by atoms with E-state index >= 15 is 0 Å². The van der Waals surface area contributed by atoms with Crippen molar-refractivity contribution < 1.29 is 4.42 Å². The van der Waals surface area contributed by atoms with Crippen LogP contribution in [0.15, 0.2) is 132 Å². The van der Waals surface area contributed by atoms with E-state index < -0.39 is 0 Å². The van der Waals surface area contributed by atoms with E-state index in [1.54, 1.807) is 0 Å². The van der Waals surface area contributed by atoms with Gasteiger partial charge in [-0.1, -0.05) is 74.5 Å². The highest BCUT2D eigenvalue weighted by Crippen LogP contribution is 2.52. The Bertz CT molecular complexity index is 2670. The van der Waals surface area contributed by atoms with Crippen LogP contribution in [0, 0.1) is 0 Å². The summed E-state index contributed by atoms with van der Waals surface area (Å²) in [5.74, 6) is 0. The molecule has 4 nitrogen and oxygen atoms in total. The molecular weight excluding hydrogens is 550 g/mol. The largest absolute Gasteiger partial charge is 0.456 e. The standard InChI is InChI=1S/C41H27N3O/c1-41(2)32-21-38-30(19-28(32)29-20-31-27-10-4-8-14-39(27)45-40(31)22-33(29)41)26-9-3-7-13-37(26)44(38)25-17-15-24(16-18-25)36-23-42-34-11-5-6-12-35(34)43-36/h3-23H,1-2H3. The lowest BCUT2D eigenvalue weighted by Crippen LogP contribution is -2.15. The van der Waals surface area contributed by atoms with E-state index in [0.717, 1.165) is 44.5 Å². The first-order valence-corrected chi connectivity index (χ1v) is 15.4. The van der Waals surface area contributed by atoms with Crippen molar-refractivity contribution in [3.05, 3.63) is 139 Å². The third-order valence-electron chi connectivity index (χ3n) is 9.84. The smallest absolute Gasteiger partial charge is 0.135 e. The monoisotopic (exact) mass is 577 g/mol. The van der Waals surface area contributed by atoms with Gasteiger partial charge in [-0.2, -0.15) is 0 Å². The molecule has 6 aromatic carbocycles. The number of fused-ring (bicyclic) bond motifs is 10. The Hall–Kier alpha value is -5.74. The first-order chi connectivity index (χ1) is 22.0. The fourth-order valence-electron chi connectivity index (χ4n) is 7.57. The van der Waals surface area contributed by atoms with Gasteiger partial charge in [0.2, 0.25) is 0 Å². The Balaban J connectivity index is 1.17. The molecule has 0 fully saturated rings. The number of aromatic nitrogens is 3. The Labute approximate surface area is 259 Å². The Morgan fingerprint density at radius 2 is 1.27 bits per heavy atom.